The van der Waals surface area contributed by atoms with Crippen molar-refractivity contribution in [1.82, 2.24) is 14.3 Å². The van der Waals surface area contributed by atoms with Crippen molar-refractivity contribution in [2.45, 2.75) is 25.6 Å². The Morgan fingerprint density at radius 1 is 1.35 bits per heavy atom. The molecule has 0 aliphatic carbocycles. The lowest BCUT2D eigenvalue weighted by atomic mass is 10.2. The van der Waals surface area contributed by atoms with Crippen LogP contribution < -0.4 is 22.1 Å². The minimum atomic E-state index is -4.62. The zero-order valence-electron chi connectivity index (χ0n) is 13.3. The van der Waals surface area contributed by atoms with Gasteiger partial charge in [-0.05, 0) is 24.5 Å². The van der Waals surface area contributed by atoms with E-state index in [-0.39, 0.29) is 17.3 Å². The average molecular weight is 389 g/mol. The van der Waals surface area contributed by atoms with Crippen LogP contribution in [-0.2, 0) is 4.79 Å². The smallest absolute Gasteiger partial charge is 0.368 e. The summed E-state index contributed by atoms with van der Waals surface area (Å²) in [5.74, 6) is -2.39. The van der Waals surface area contributed by atoms with E-state index in [9.17, 15) is 22.8 Å². The largest absolute Gasteiger partial charge is 0.391 e. The summed E-state index contributed by atoms with van der Waals surface area (Å²) in [4.78, 5) is 30.5. The highest BCUT2D eigenvalue weighted by Crippen LogP contribution is 2.25. The third-order valence-electron chi connectivity index (χ3n) is 2.98. The SMILES string of the molecule is Cc1cc(Nc2nc(NC(CC(F)(F)F)C(N)=O)cnc2C(N)=O)sn1. The maximum atomic E-state index is 12.5. The predicted octanol–water partition coefficient (Wildman–Crippen LogP) is 1.30. The van der Waals surface area contributed by atoms with Gasteiger partial charge in [0.2, 0.25) is 5.91 Å². The number of carbonyl (C=O) groups excluding carboxylic acids is 2. The van der Waals surface area contributed by atoms with E-state index in [1.807, 2.05) is 0 Å². The Balaban J connectivity index is 2.30. The molecule has 0 aliphatic rings. The number of nitrogens with one attached hydrogen (secondary N) is 2. The van der Waals surface area contributed by atoms with Crippen LogP contribution in [0.25, 0.3) is 0 Å². The Bertz CT molecular complexity index is 824. The first-order valence-electron chi connectivity index (χ1n) is 7.05. The number of hydrogen-bond donors (Lipinski definition) is 4. The standard InChI is InChI=1S/C13H14F3N7O2S/c1-5-2-8(26-23-5)22-12-9(11(18)25)19-4-7(21-12)20-6(10(17)24)3-13(14,15)16/h2,4,6H,3H2,1H3,(H2,17,24)(H2,18,25)(H2,20,21,22). The summed E-state index contributed by atoms with van der Waals surface area (Å²) in [6.45, 7) is 1.74. The molecule has 2 aromatic heterocycles. The van der Waals surface area contributed by atoms with Crippen molar-refractivity contribution >= 4 is 40.0 Å². The van der Waals surface area contributed by atoms with Gasteiger partial charge < -0.3 is 22.1 Å². The summed E-state index contributed by atoms with van der Waals surface area (Å²) in [5, 5.41) is 5.54. The van der Waals surface area contributed by atoms with Gasteiger partial charge in [0.1, 0.15) is 16.9 Å². The molecule has 2 rings (SSSR count). The van der Waals surface area contributed by atoms with Crippen LogP contribution >= 0.6 is 11.5 Å². The molecule has 0 spiro atoms. The first-order chi connectivity index (χ1) is 12.0. The van der Waals surface area contributed by atoms with Crippen LogP contribution in [0.4, 0.5) is 29.8 Å². The Labute approximate surface area is 149 Å². The van der Waals surface area contributed by atoms with Crippen molar-refractivity contribution in [2.75, 3.05) is 10.6 Å². The minimum absolute atomic E-state index is 0.0959. The molecule has 0 radical (unpaired) electrons. The fourth-order valence-electron chi connectivity index (χ4n) is 1.90. The second-order valence-electron chi connectivity index (χ2n) is 5.19. The molecule has 1 unspecified atom stereocenters. The molecule has 0 bridgehead atoms. The van der Waals surface area contributed by atoms with Crippen LogP contribution in [0, 0.1) is 6.92 Å². The van der Waals surface area contributed by atoms with Crippen molar-refractivity contribution < 1.29 is 22.8 Å². The zero-order valence-corrected chi connectivity index (χ0v) is 14.1. The molecule has 13 heteroatoms. The number of anilines is 3. The lowest BCUT2D eigenvalue weighted by Crippen LogP contribution is -2.39. The number of alkyl halides is 3. The predicted molar refractivity (Wildman–Crippen MR) is 88.0 cm³/mol. The van der Waals surface area contributed by atoms with Crippen LogP contribution in [0.1, 0.15) is 22.6 Å². The molecule has 0 aromatic carbocycles. The second kappa shape index (κ2) is 7.51. The Kier molecular flexibility index (Phi) is 5.59. The molecule has 140 valence electrons. The highest BCUT2D eigenvalue weighted by Gasteiger charge is 2.35. The van der Waals surface area contributed by atoms with Crippen LogP contribution in [0.15, 0.2) is 12.3 Å². The third-order valence-corrected chi connectivity index (χ3v) is 3.77. The van der Waals surface area contributed by atoms with Gasteiger partial charge in [-0.25, -0.2) is 9.97 Å². The van der Waals surface area contributed by atoms with Crippen molar-refractivity contribution in [1.29, 1.82) is 0 Å². The summed E-state index contributed by atoms with van der Waals surface area (Å²) in [7, 11) is 0. The van der Waals surface area contributed by atoms with Gasteiger partial charge in [0.15, 0.2) is 11.5 Å². The summed E-state index contributed by atoms with van der Waals surface area (Å²) in [6, 6.07) is -0.0881. The average Bonchev–Trinajstić information content (AvgIpc) is 2.90. The number of rotatable bonds is 7. The number of aromatic nitrogens is 3. The molecule has 26 heavy (non-hydrogen) atoms. The van der Waals surface area contributed by atoms with Gasteiger partial charge in [-0.3, -0.25) is 9.59 Å². The van der Waals surface area contributed by atoms with E-state index >= 15 is 0 Å². The van der Waals surface area contributed by atoms with Gasteiger partial charge in [0.05, 0.1) is 18.3 Å². The van der Waals surface area contributed by atoms with E-state index < -0.39 is 30.5 Å². The molecular formula is C13H14F3N7O2S. The van der Waals surface area contributed by atoms with Crippen molar-refractivity contribution in [2.24, 2.45) is 11.5 Å². The van der Waals surface area contributed by atoms with Gasteiger partial charge in [-0.15, -0.1) is 0 Å². The lowest BCUT2D eigenvalue weighted by molar-refractivity contribution is -0.144. The van der Waals surface area contributed by atoms with Gasteiger partial charge in [-0.1, -0.05) is 0 Å². The normalized spacial score (nSPS) is 12.5. The number of nitrogens with zero attached hydrogens (tertiary/aromatic N) is 3. The zero-order chi connectivity index (χ0) is 19.5. The van der Waals surface area contributed by atoms with Crippen molar-refractivity contribution in [3.05, 3.63) is 23.7 Å². The number of nitrogens with two attached hydrogens (primary N) is 2. The van der Waals surface area contributed by atoms with E-state index in [0.29, 0.717) is 10.7 Å². The second-order valence-corrected chi connectivity index (χ2v) is 6.00. The maximum Gasteiger partial charge on any atom is 0.391 e. The molecule has 1 atom stereocenters. The highest BCUT2D eigenvalue weighted by molar-refractivity contribution is 7.10. The number of carbonyl (C=O) groups is 2. The molecule has 6 N–H and O–H groups in total. The number of hydrogen-bond acceptors (Lipinski definition) is 8. The van der Waals surface area contributed by atoms with Gasteiger partial charge in [0, 0.05) is 0 Å². The fraction of sp³-hybridized carbons (Fsp3) is 0.308. The van der Waals surface area contributed by atoms with Gasteiger partial charge in [-0.2, -0.15) is 17.5 Å². The molecule has 2 aromatic rings. The summed E-state index contributed by atoms with van der Waals surface area (Å²) in [5.41, 5.74) is 10.7. The highest BCUT2D eigenvalue weighted by atomic mass is 32.1. The molecule has 2 amide bonds. The summed E-state index contributed by atoms with van der Waals surface area (Å²) < 4.78 is 41.7. The van der Waals surface area contributed by atoms with E-state index in [2.05, 4.69) is 25.0 Å². The Hall–Kier alpha value is -2.96. The molecule has 0 saturated carbocycles. The Morgan fingerprint density at radius 2 is 2.04 bits per heavy atom. The summed E-state index contributed by atoms with van der Waals surface area (Å²) in [6.07, 6.45) is -5.12. The molecule has 2 heterocycles. The van der Waals surface area contributed by atoms with E-state index in [1.54, 1.807) is 13.0 Å². The number of primary amides is 2. The van der Waals surface area contributed by atoms with Crippen molar-refractivity contribution in [3.8, 4) is 0 Å². The topological polar surface area (TPSA) is 149 Å². The molecule has 0 aliphatic heterocycles. The molecule has 9 nitrogen and oxygen atoms in total. The number of amides is 2. The molecule has 0 saturated heterocycles. The quantitative estimate of drug-likeness (QED) is 0.557. The van der Waals surface area contributed by atoms with Crippen LogP contribution in [0.3, 0.4) is 0 Å². The number of aryl methyl sites for hydroxylation is 1. The van der Waals surface area contributed by atoms with Crippen LogP contribution in [-0.4, -0.2) is 38.4 Å². The third kappa shape index (κ3) is 5.27. The first-order valence-corrected chi connectivity index (χ1v) is 7.82. The van der Waals surface area contributed by atoms with Crippen molar-refractivity contribution in [3.63, 3.8) is 0 Å². The maximum absolute atomic E-state index is 12.5. The molecular weight excluding hydrogens is 375 g/mol. The van der Waals surface area contributed by atoms with Gasteiger partial charge >= 0.3 is 6.18 Å². The first kappa shape index (κ1) is 19.4. The summed E-state index contributed by atoms with van der Waals surface area (Å²) >= 11 is 1.07. The van der Waals surface area contributed by atoms with E-state index in [0.717, 1.165) is 17.7 Å². The monoisotopic (exact) mass is 389 g/mol. The Morgan fingerprint density at radius 3 is 2.54 bits per heavy atom. The van der Waals surface area contributed by atoms with Crippen LogP contribution in [0.5, 0.6) is 0 Å². The van der Waals surface area contributed by atoms with Gasteiger partial charge in [0.25, 0.3) is 5.91 Å². The minimum Gasteiger partial charge on any atom is -0.368 e. The van der Waals surface area contributed by atoms with E-state index in [1.165, 1.54) is 0 Å². The molecule has 0 fully saturated rings. The lowest BCUT2D eigenvalue weighted by Gasteiger charge is -2.18. The van der Waals surface area contributed by atoms with E-state index in [4.69, 9.17) is 11.5 Å². The number of halogens is 3. The fourth-order valence-corrected chi connectivity index (χ4v) is 2.56. The van der Waals surface area contributed by atoms with Crippen LogP contribution in [0.2, 0.25) is 0 Å².